The first-order valence-electron chi connectivity index (χ1n) is 11.0. The summed E-state index contributed by atoms with van der Waals surface area (Å²) >= 11 is 12.2. The number of esters is 2. The van der Waals surface area contributed by atoms with Gasteiger partial charge in [0.05, 0.1) is 29.8 Å². The van der Waals surface area contributed by atoms with Gasteiger partial charge in [-0.25, -0.2) is 14.8 Å². The van der Waals surface area contributed by atoms with Crippen molar-refractivity contribution in [3.63, 3.8) is 0 Å². The highest BCUT2D eigenvalue weighted by Crippen LogP contribution is 2.25. The number of carbonyl (C=O) groups is 3. The molecule has 37 heavy (non-hydrogen) atoms. The largest absolute Gasteiger partial charge is 0.468 e. The van der Waals surface area contributed by atoms with E-state index in [2.05, 4.69) is 15.3 Å². The van der Waals surface area contributed by atoms with Gasteiger partial charge in [0.15, 0.2) is 0 Å². The summed E-state index contributed by atoms with van der Waals surface area (Å²) in [5.74, 6) is -1.28. The molecule has 1 unspecified atom stereocenters. The zero-order valence-electron chi connectivity index (χ0n) is 20.1. The number of hydrogen-bond acceptors (Lipinski definition) is 8. The Labute approximate surface area is 224 Å². The lowest BCUT2D eigenvalue weighted by atomic mass is 10.1. The highest BCUT2D eigenvalue weighted by Gasteiger charge is 2.23. The lowest BCUT2D eigenvalue weighted by Crippen LogP contribution is -2.41. The van der Waals surface area contributed by atoms with Crippen molar-refractivity contribution in [2.24, 2.45) is 0 Å². The normalized spacial score (nSPS) is 11.6. The van der Waals surface area contributed by atoms with Crippen LogP contribution in [-0.4, -0.2) is 54.6 Å². The number of anilines is 2. The Morgan fingerprint density at radius 1 is 0.973 bits per heavy atom. The number of nitrogens with one attached hydrogen (secondary N) is 1. The topological polar surface area (TPSA) is 111 Å². The predicted octanol–water partition coefficient (Wildman–Crippen LogP) is 4.47. The second-order valence-corrected chi connectivity index (χ2v) is 8.40. The number of aromatic nitrogens is 2. The fraction of sp³-hybridized carbons (Fsp3) is 0.192. The van der Waals surface area contributed by atoms with Crippen LogP contribution in [0.2, 0.25) is 10.0 Å². The Hall–Kier alpha value is -3.95. The molecule has 11 heteroatoms. The van der Waals surface area contributed by atoms with Crippen LogP contribution in [0, 0.1) is 0 Å². The van der Waals surface area contributed by atoms with E-state index in [0.29, 0.717) is 11.6 Å². The number of benzene rings is 2. The molecule has 0 aliphatic heterocycles. The summed E-state index contributed by atoms with van der Waals surface area (Å²) in [6.07, 6.45) is 6.85. The van der Waals surface area contributed by atoms with E-state index in [4.69, 9.17) is 32.7 Å². The minimum atomic E-state index is -0.953. The van der Waals surface area contributed by atoms with Crippen LogP contribution in [0.1, 0.15) is 22.3 Å². The maximum atomic E-state index is 12.7. The van der Waals surface area contributed by atoms with Crippen LogP contribution in [0.3, 0.4) is 0 Å². The van der Waals surface area contributed by atoms with Crippen molar-refractivity contribution in [2.75, 3.05) is 25.7 Å². The van der Waals surface area contributed by atoms with Gasteiger partial charge in [0.25, 0.3) is 5.91 Å². The van der Waals surface area contributed by atoms with Crippen molar-refractivity contribution in [1.82, 2.24) is 15.3 Å². The Bertz CT molecular complexity index is 1250. The molecule has 192 valence electrons. The van der Waals surface area contributed by atoms with Gasteiger partial charge in [0.2, 0.25) is 5.95 Å². The monoisotopic (exact) mass is 542 g/mol. The van der Waals surface area contributed by atoms with Gasteiger partial charge in [-0.2, -0.15) is 0 Å². The summed E-state index contributed by atoms with van der Waals surface area (Å²) in [6.45, 7) is -0.0638. The second kappa shape index (κ2) is 13.4. The first-order valence-corrected chi connectivity index (χ1v) is 11.8. The van der Waals surface area contributed by atoms with E-state index >= 15 is 0 Å². The molecule has 0 saturated carbocycles. The lowest BCUT2D eigenvalue weighted by molar-refractivity contribution is -0.142. The lowest BCUT2D eigenvalue weighted by Gasteiger charge is -2.21. The van der Waals surface area contributed by atoms with Crippen LogP contribution in [0.4, 0.5) is 11.6 Å². The average Bonchev–Trinajstić information content (AvgIpc) is 2.91. The Morgan fingerprint density at radius 3 is 2.22 bits per heavy atom. The number of hydrogen-bond donors (Lipinski definition) is 1. The highest BCUT2D eigenvalue weighted by atomic mass is 35.5. The van der Waals surface area contributed by atoms with E-state index in [1.54, 1.807) is 53.7 Å². The maximum absolute atomic E-state index is 12.7. The quantitative estimate of drug-likeness (QED) is 0.373. The van der Waals surface area contributed by atoms with Gasteiger partial charge < -0.3 is 14.8 Å². The standard InChI is InChI=1S/C26H24Cl2N4O5/c1-36-22(33)16-32(26-29-14-5-15-30-26)18-12-10-17(11-13-18)6-3-9-21(25(35)37-2)31-24(34)23-19(27)7-4-8-20(23)28/h3-8,10-15,21H,9,16H2,1-2H3,(H,31,34)/b6-3+. The van der Waals surface area contributed by atoms with Gasteiger partial charge in [-0.05, 0) is 42.3 Å². The molecule has 0 fully saturated rings. The fourth-order valence-corrected chi connectivity index (χ4v) is 3.88. The van der Waals surface area contributed by atoms with Crippen molar-refractivity contribution >= 4 is 58.8 Å². The second-order valence-electron chi connectivity index (χ2n) is 7.59. The number of halogens is 2. The molecule has 0 bridgehead atoms. The first kappa shape index (κ1) is 27.6. The number of amides is 1. The van der Waals surface area contributed by atoms with E-state index in [-0.39, 0.29) is 28.6 Å². The van der Waals surface area contributed by atoms with Crippen molar-refractivity contribution in [1.29, 1.82) is 0 Å². The third kappa shape index (κ3) is 7.52. The smallest absolute Gasteiger partial charge is 0.328 e. The van der Waals surface area contributed by atoms with Gasteiger partial charge in [0.1, 0.15) is 12.6 Å². The van der Waals surface area contributed by atoms with E-state index in [1.165, 1.54) is 26.4 Å². The first-order chi connectivity index (χ1) is 17.8. The molecule has 0 aliphatic rings. The Kier molecular flexibility index (Phi) is 10.00. The SMILES string of the molecule is COC(=O)CN(c1ccc(/C=C/CC(NC(=O)c2c(Cl)cccc2Cl)C(=O)OC)cc1)c1ncccn1. The van der Waals surface area contributed by atoms with E-state index in [1.807, 2.05) is 12.1 Å². The number of methoxy groups -OCH3 is 2. The zero-order valence-corrected chi connectivity index (χ0v) is 21.6. The molecule has 1 aromatic heterocycles. The average molecular weight is 543 g/mol. The molecule has 0 spiro atoms. The molecule has 1 amide bonds. The van der Waals surface area contributed by atoms with Crippen LogP contribution in [0.5, 0.6) is 0 Å². The van der Waals surface area contributed by atoms with Gasteiger partial charge in [-0.1, -0.05) is 53.6 Å². The van der Waals surface area contributed by atoms with Crippen LogP contribution >= 0.6 is 23.2 Å². The number of carbonyl (C=O) groups excluding carboxylic acids is 3. The molecule has 1 N–H and O–H groups in total. The highest BCUT2D eigenvalue weighted by molar-refractivity contribution is 6.39. The molecule has 9 nitrogen and oxygen atoms in total. The summed E-state index contributed by atoms with van der Waals surface area (Å²) in [7, 11) is 2.55. The summed E-state index contributed by atoms with van der Waals surface area (Å²) in [6, 6.07) is 12.7. The molecule has 2 aromatic carbocycles. The van der Waals surface area contributed by atoms with Crippen molar-refractivity contribution < 1.29 is 23.9 Å². The van der Waals surface area contributed by atoms with E-state index < -0.39 is 23.9 Å². The summed E-state index contributed by atoms with van der Waals surface area (Å²) < 4.78 is 9.62. The Morgan fingerprint density at radius 2 is 1.62 bits per heavy atom. The summed E-state index contributed by atoms with van der Waals surface area (Å²) in [5, 5.41) is 2.97. The molecule has 3 aromatic rings. The molecule has 0 radical (unpaired) electrons. The van der Waals surface area contributed by atoms with Crippen molar-refractivity contribution in [2.45, 2.75) is 12.5 Å². The zero-order chi connectivity index (χ0) is 26.8. The van der Waals surface area contributed by atoms with Crippen LogP contribution in [0.25, 0.3) is 6.08 Å². The minimum absolute atomic E-state index is 0.0638. The van der Waals surface area contributed by atoms with Crippen molar-refractivity contribution in [3.8, 4) is 0 Å². The third-order valence-electron chi connectivity index (χ3n) is 5.18. The number of rotatable bonds is 10. The van der Waals surface area contributed by atoms with Gasteiger partial charge in [0, 0.05) is 18.1 Å². The van der Waals surface area contributed by atoms with Crippen LogP contribution in [0.15, 0.2) is 67.0 Å². The maximum Gasteiger partial charge on any atom is 0.328 e. The minimum Gasteiger partial charge on any atom is -0.468 e. The van der Waals surface area contributed by atoms with Crippen LogP contribution < -0.4 is 10.2 Å². The molecule has 0 aliphatic carbocycles. The molecular weight excluding hydrogens is 519 g/mol. The van der Waals surface area contributed by atoms with Crippen LogP contribution in [-0.2, 0) is 19.1 Å². The third-order valence-corrected chi connectivity index (χ3v) is 5.81. The molecule has 1 heterocycles. The molecular formula is C26H24Cl2N4O5. The van der Waals surface area contributed by atoms with Gasteiger partial charge in [-0.3, -0.25) is 14.5 Å². The van der Waals surface area contributed by atoms with E-state index in [0.717, 1.165) is 5.56 Å². The molecule has 0 saturated heterocycles. The Balaban J connectivity index is 1.72. The van der Waals surface area contributed by atoms with Gasteiger partial charge >= 0.3 is 11.9 Å². The molecule has 3 rings (SSSR count). The number of ether oxygens (including phenoxy) is 2. The van der Waals surface area contributed by atoms with E-state index in [9.17, 15) is 14.4 Å². The summed E-state index contributed by atoms with van der Waals surface area (Å²) in [4.78, 5) is 46.9. The predicted molar refractivity (Wildman–Crippen MR) is 141 cm³/mol. The summed E-state index contributed by atoms with van der Waals surface area (Å²) in [5.41, 5.74) is 1.59. The van der Waals surface area contributed by atoms with Crippen molar-refractivity contribution in [3.05, 3.63) is 88.2 Å². The fourth-order valence-electron chi connectivity index (χ4n) is 3.31. The van der Waals surface area contributed by atoms with Gasteiger partial charge in [-0.15, -0.1) is 0 Å². The molecule has 1 atom stereocenters. The number of nitrogens with zero attached hydrogens (tertiary/aromatic N) is 3.